The highest BCUT2D eigenvalue weighted by Crippen LogP contribution is 2.32. The molecular weight excluding hydrogens is 224 g/mol. The number of nitrogens with one attached hydrogen (secondary N) is 2. The van der Waals surface area contributed by atoms with Gasteiger partial charge in [-0.05, 0) is 12.8 Å². The van der Waals surface area contributed by atoms with Crippen molar-refractivity contribution in [2.75, 3.05) is 0 Å². The van der Waals surface area contributed by atoms with E-state index in [1.54, 1.807) is 0 Å². The van der Waals surface area contributed by atoms with E-state index in [9.17, 15) is 9.59 Å². The van der Waals surface area contributed by atoms with E-state index in [0.29, 0.717) is 12.8 Å². The Labute approximate surface area is 97.6 Å². The van der Waals surface area contributed by atoms with E-state index in [-0.39, 0.29) is 18.0 Å². The molecule has 0 aliphatic heterocycles. The van der Waals surface area contributed by atoms with Crippen molar-refractivity contribution in [1.29, 1.82) is 0 Å². The SMILES string of the molecule is O=C(O)CC1(NC(=O)c2cn[nH]n2)CCCC1. The molecular formula is C10H14N4O3. The monoisotopic (exact) mass is 238 g/mol. The van der Waals surface area contributed by atoms with Gasteiger partial charge in [0.05, 0.1) is 18.2 Å². The molecule has 1 aromatic rings. The first-order chi connectivity index (χ1) is 8.11. The van der Waals surface area contributed by atoms with E-state index in [1.165, 1.54) is 6.20 Å². The molecule has 0 bridgehead atoms. The Morgan fingerprint density at radius 3 is 2.71 bits per heavy atom. The summed E-state index contributed by atoms with van der Waals surface area (Å²) in [6.07, 6.45) is 4.54. The second-order valence-corrected chi connectivity index (χ2v) is 4.37. The van der Waals surface area contributed by atoms with E-state index in [2.05, 4.69) is 20.7 Å². The van der Waals surface area contributed by atoms with Crippen molar-refractivity contribution in [1.82, 2.24) is 20.7 Å². The van der Waals surface area contributed by atoms with Gasteiger partial charge in [-0.25, -0.2) is 0 Å². The Hall–Kier alpha value is -1.92. The van der Waals surface area contributed by atoms with Gasteiger partial charge in [0.2, 0.25) is 0 Å². The standard InChI is InChI=1S/C10H14N4O3/c15-8(16)5-10(3-1-2-4-10)12-9(17)7-6-11-14-13-7/h6H,1-5H2,(H,12,17)(H,15,16)(H,11,13,14). The highest BCUT2D eigenvalue weighted by molar-refractivity contribution is 5.92. The van der Waals surface area contributed by atoms with Crippen LogP contribution in [-0.4, -0.2) is 37.9 Å². The smallest absolute Gasteiger partial charge is 0.305 e. The number of nitrogens with zero attached hydrogens (tertiary/aromatic N) is 2. The third-order valence-electron chi connectivity index (χ3n) is 3.08. The second kappa shape index (κ2) is 4.52. The summed E-state index contributed by atoms with van der Waals surface area (Å²) in [5.41, 5.74) is -0.441. The summed E-state index contributed by atoms with van der Waals surface area (Å²) in [7, 11) is 0. The first-order valence-corrected chi connectivity index (χ1v) is 5.51. The number of rotatable bonds is 4. The van der Waals surface area contributed by atoms with Crippen LogP contribution in [0, 0.1) is 0 Å². The molecule has 1 amide bonds. The van der Waals surface area contributed by atoms with Gasteiger partial charge < -0.3 is 10.4 Å². The predicted molar refractivity (Wildman–Crippen MR) is 57.3 cm³/mol. The summed E-state index contributed by atoms with van der Waals surface area (Å²) in [5, 5.41) is 21.3. The Kier molecular flexibility index (Phi) is 3.08. The molecule has 0 unspecified atom stereocenters. The summed E-state index contributed by atoms with van der Waals surface area (Å²) in [5.74, 6) is -1.27. The maximum Gasteiger partial charge on any atom is 0.305 e. The molecule has 92 valence electrons. The molecule has 3 N–H and O–H groups in total. The van der Waals surface area contributed by atoms with Crippen LogP contribution >= 0.6 is 0 Å². The first-order valence-electron chi connectivity index (χ1n) is 5.51. The lowest BCUT2D eigenvalue weighted by Gasteiger charge is -2.28. The number of hydrogen-bond acceptors (Lipinski definition) is 4. The van der Waals surface area contributed by atoms with Crippen LogP contribution in [0.15, 0.2) is 6.20 Å². The van der Waals surface area contributed by atoms with Crippen molar-refractivity contribution in [2.24, 2.45) is 0 Å². The van der Waals surface area contributed by atoms with Gasteiger partial charge in [0.1, 0.15) is 0 Å². The van der Waals surface area contributed by atoms with E-state index in [4.69, 9.17) is 5.11 Å². The fourth-order valence-corrected chi connectivity index (χ4v) is 2.30. The van der Waals surface area contributed by atoms with Crippen molar-refractivity contribution < 1.29 is 14.7 Å². The average molecular weight is 238 g/mol. The minimum atomic E-state index is -0.896. The molecule has 7 heteroatoms. The highest BCUT2D eigenvalue weighted by Gasteiger charge is 2.37. The van der Waals surface area contributed by atoms with Crippen LogP contribution < -0.4 is 5.32 Å². The lowest BCUT2D eigenvalue weighted by atomic mass is 9.93. The molecule has 7 nitrogen and oxygen atoms in total. The normalized spacial score (nSPS) is 17.9. The zero-order valence-electron chi connectivity index (χ0n) is 9.27. The maximum absolute atomic E-state index is 11.8. The summed E-state index contributed by atoms with van der Waals surface area (Å²) in [6, 6.07) is 0. The molecule has 1 saturated carbocycles. The lowest BCUT2D eigenvalue weighted by Crippen LogP contribution is -2.47. The second-order valence-electron chi connectivity index (χ2n) is 4.37. The number of carbonyl (C=O) groups excluding carboxylic acids is 1. The molecule has 0 atom stereocenters. The Bertz CT molecular complexity index is 409. The van der Waals surface area contributed by atoms with Gasteiger partial charge in [0.15, 0.2) is 5.69 Å². The van der Waals surface area contributed by atoms with Crippen LogP contribution in [0.3, 0.4) is 0 Å². The third-order valence-corrected chi connectivity index (χ3v) is 3.08. The number of hydrogen-bond donors (Lipinski definition) is 3. The fraction of sp³-hybridized carbons (Fsp3) is 0.600. The summed E-state index contributed by atoms with van der Waals surface area (Å²) < 4.78 is 0. The van der Waals surface area contributed by atoms with Gasteiger partial charge in [-0.3, -0.25) is 9.59 Å². The number of aliphatic carboxylic acids is 1. The third kappa shape index (κ3) is 2.61. The molecule has 1 aromatic heterocycles. The van der Waals surface area contributed by atoms with Gasteiger partial charge in [-0.2, -0.15) is 15.4 Å². The molecule has 1 heterocycles. The largest absolute Gasteiger partial charge is 0.481 e. The van der Waals surface area contributed by atoms with Crippen molar-refractivity contribution in [2.45, 2.75) is 37.6 Å². The number of aromatic amines is 1. The van der Waals surface area contributed by atoms with Gasteiger partial charge in [-0.1, -0.05) is 12.8 Å². The molecule has 0 radical (unpaired) electrons. The molecule has 0 aromatic carbocycles. The highest BCUT2D eigenvalue weighted by atomic mass is 16.4. The van der Waals surface area contributed by atoms with E-state index in [0.717, 1.165) is 12.8 Å². The Balaban J connectivity index is 2.08. The van der Waals surface area contributed by atoms with E-state index < -0.39 is 11.5 Å². The number of amides is 1. The molecule has 0 spiro atoms. The van der Waals surface area contributed by atoms with Crippen LogP contribution in [0.1, 0.15) is 42.6 Å². The van der Waals surface area contributed by atoms with Crippen LogP contribution in [-0.2, 0) is 4.79 Å². The minimum Gasteiger partial charge on any atom is -0.481 e. The zero-order chi connectivity index (χ0) is 12.3. The lowest BCUT2D eigenvalue weighted by molar-refractivity contribution is -0.138. The summed E-state index contributed by atoms with van der Waals surface area (Å²) in [4.78, 5) is 22.7. The van der Waals surface area contributed by atoms with Gasteiger partial charge in [-0.15, -0.1) is 0 Å². The Morgan fingerprint density at radius 1 is 1.47 bits per heavy atom. The van der Waals surface area contributed by atoms with Crippen molar-refractivity contribution in [3.05, 3.63) is 11.9 Å². The first kappa shape index (κ1) is 11.6. The molecule has 1 fully saturated rings. The van der Waals surface area contributed by atoms with Crippen LogP contribution in [0.5, 0.6) is 0 Å². The maximum atomic E-state index is 11.8. The average Bonchev–Trinajstić information content (AvgIpc) is 2.86. The summed E-state index contributed by atoms with van der Waals surface area (Å²) in [6.45, 7) is 0. The number of carbonyl (C=O) groups is 2. The zero-order valence-corrected chi connectivity index (χ0v) is 9.27. The number of carboxylic acid groups (broad SMARTS) is 1. The van der Waals surface area contributed by atoms with Crippen LogP contribution in [0.4, 0.5) is 0 Å². The number of H-pyrrole nitrogens is 1. The molecule has 1 aliphatic rings. The van der Waals surface area contributed by atoms with Crippen molar-refractivity contribution in [3.63, 3.8) is 0 Å². The predicted octanol–water partition coefficient (Wildman–Crippen LogP) is 0.322. The molecule has 0 saturated heterocycles. The number of carboxylic acids is 1. The van der Waals surface area contributed by atoms with Crippen molar-refractivity contribution in [3.8, 4) is 0 Å². The molecule has 17 heavy (non-hydrogen) atoms. The minimum absolute atomic E-state index is 0.0450. The van der Waals surface area contributed by atoms with E-state index in [1.807, 2.05) is 0 Å². The molecule has 1 aliphatic carbocycles. The molecule has 2 rings (SSSR count). The van der Waals surface area contributed by atoms with Crippen LogP contribution in [0.2, 0.25) is 0 Å². The summed E-state index contributed by atoms with van der Waals surface area (Å²) >= 11 is 0. The van der Waals surface area contributed by atoms with E-state index >= 15 is 0 Å². The van der Waals surface area contributed by atoms with Crippen molar-refractivity contribution >= 4 is 11.9 Å². The fourth-order valence-electron chi connectivity index (χ4n) is 2.30. The number of aromatic nitrogens is 3. The van der Waals surface area contributed by atoms with Crippen LogP contribution in [0.25, 0.3) is 0 Å². The quantitative estimate of drug-likeness (QED) is 0.700. The van der Waals surface area contributed by atoms with Gasteiger partial charge in [0, 0.05) is 0 Å². The van der Waals surface area contributed by atoms with Gasteiger partial charge >= 0.3 is 5.97 Å². The topological polar surface area (TPSA) is 108 Å². The van der Waals surface area contributed by atoms with Gasteiger partial charge in [0.25, 0.3) is 5.91 Å². The Morgan fingerprint density at radius 2 is 2.18 bits per heavy atom.